The number of aliphatic hydroxyl groups excluding tert-OH is 3. The summed E-state index contributed by atoms with van der Waals surface area (Å²) >= 11 is 0. The molecule has 0 rings (SSSR count). The summed E-state index contributed by atoms with van der Waals surface area (Å²) in [6, 6.07) is -0.805. The van der Waals surface area contributed by atoms with Crippen LogP contribution in [-0.2, 0) is 4.79 Å². The van der Waals surface area contributed by atoms with Crippen molar-refractivity contribution in [2.45, 2.75) is 372 Å². The van der Waals surface area contributed by atoms with Gasteiger partial charge in [-0.15, -0.1) is 0 Å². The zero-order chi connectivity index (χ0) is 47.2. The molecule has 0 aromatic carbocycles. The quantitative estimate of drug-likeness (QED) is 0.0458. The summed E-state index contributed by atoms with van der Waals surface area (Å²) in [5.74, 6) is -0.135. The van der Waals surface area contributed by atoms with Crippen molar-refractivity contribution >= 4 is 5.91 Å². The number of hydrogen-bond acceptors (Lipinski definition) is 4. The maximum Gasteiger partial charge on any atom is 0.220 e. The highest BCUT2D eigenvalue weighted by molar-refractivity contribution is 5.76. The van der Waals surface area contributed by atoms with Crippen molar-refractivity contribution in [3.63, 3.8) is 0 Å². The van der Waals surface area contributed by atoms with Crippen molar-refractivity contribution in [1.29, 1.82) is 0 Å². The van der Waals surface area contributed by atoms with Crippen LogP contribution in [0.4, 0.5) is 0 Å². The molecule has 0 saturated carbocycles. The van der Waals surface area contributed by atoms with Gasteiger partial charge in [0, 0.05) is 6.42 Å². The van der Waals surface area contributed by atoms with Gasteiger partial charge in [0.05, 0.1) is 18.8 Å². The Morgan fingerprint density at radius 2 is 0.523 bits per heavy atom. The molecule has 0 saturated heterocycles. The standard InChI is InChI=1S/C60H121NO4/c1-3-5-7-9-11-13-15-17-19-21-23-25-27-29-30-31-33-35-37-39-41-43-45-47-49-51-53-55-59(64)61-57(56-62)60(65)58(63)54-52-50-48-46-44-42-40-38-36-34-32-28-26-24-22-20-18-16-14-12-10-8-6-4-2/h57-58,60,62-63,65H,3-56H2,1-2H3,(H,61,64). The van der Waals surface area contributed by atoms with Gasteiger partial charge >= 0.3 is 0 Å². The molecule has 0 heterocycles. The molecular formula is C60H121NO4. The van der Waals surface area contributed by atoms with E-state index >= 15 is 0 Å². The smallest absolute Gasteiger partial charge is 0.220 e. The van der Waals surface area contributed by atoms with Crippen LogP contribution in [0, 0.1) is 0 Å². The molecule has 65 heavy (non-hydrogen) atoms. The SMILES string of the molecule is CCCCCCCCCCCCCCCCCCCCCCCCCCCCCC(=O)NC(CO)C(O)C(O)CCCCCCCCCCCCCCCCCCCCCCCCCC. The lowest BCUT2D eigenvalue weighted by atomic mass is 9.99. The normalized spacial score (nSPS) is 13.1. The molecular weight excluding hydrogens is 799 g/mol. The summed E-state index contributed by atoms with van der Waals surface area (Å²) in [5.41, 5.74) is 0. The monoisotopic (exact) mass is 920 g/mol. The lowest BCUT2D eigenvalue weighted by Gasteiger charge is -2.26. The van der Waals surface area contributed by atoms with Gasteiger partial charge in [-0.3, -0.25) is 4.79 Å². The predicted molar refractivity (Wildman–Crippen MR) is 287 cm³/mol. The minimum Gasteiger partial charge on any atom is -0.394 e. The molecule has 0 aliphatic rings. The Balaban J connectivity index is 3.47. The predicted octanol–water partition coefficient (Wildman–Crippen LogP) is 18.9. The minimum atomic E-state index is -1.13. The molecule has 3 atom stereocenters. The van der Waals surface area contributed by atoms with Gasteiger partial charge in [-0.1, -0.05) is 335 Å². The van der Waals surface area contributed by atoms with Crippen molar-refractivity contribution in [3.8, 4) is 0 Å². The van der Waals surface area contributed by atoms with Gasteiger partial charge in [-0.05, 0) is 12.8 Å². The van der Waals surface area contributed by atoms with Crippen LogP contribution in [0.2, 0.25) is 0 Å². The van der Waals surface area contributed by atoms with Gasteiger partial charge in [0.1, 0.15) is 6.10 Å². The van der Waals surface area contributed by atoms with E-state index in [0.717, 1.165) is 32.1 Å². The van der Waals surface area contributed by atoms with E-state index in [2.05, 4.69) is 19.2 Å². The van der Waals surface area contributed by atoms with Crippen LogP contribution in [0.1, 0.15) is 354 Å². The zero-order valence-electron chi connectivity index (χ0n) is 44.7. The fourth-order valence-corrected chi connectivity index (χ4v) is 10.1. The number of carbonyl (C=O) groups excluding carboxylic acids is 1. The highest BCUT2D eigenvalue weighted by Crippen LogP contribution is 2.19. The first kappa shape index (κ1) is 64.3. The average molecular weight is 921 g/mol. The lowest BCUT2D eigenvalue weighted by molar-refractivity contribution is -0.124. The second kappa shape index (κ2) is 55.9. The Morgan fingerprint density at radius 3 is 0.738 bits per heavy atom. The molecule has 3 unspecified atom stereocenters. The number of nitrogens with one attached hydrogen (secondary N) is 1. The first-order chi connectivity index (χ1) is 32.1. The van der Waals surface area contributed by atoms with Crippen LogP contribution < -0.4 is 5.32 Å². The molecule has 0 aromatic heterocycles. The number of amides is 1. The Bertz CT molecular complexity index is 883. The van der Waals surface area contributed by atoms with Crippen molar-refractivity contribution in [3.05, 3.63) is 0 Å². The molecule has 390 valence electrons. The van der Waals surface area contributed by atoms with E-state index in [9.17, 15) is 20.1 Å². The number of unbranched alkanes of at least 4 members (excludes halogenated alkanes) is 49. The summed E-state index contributed by atoms with van der Waals surface area (Å²) in [6.45, 7) is 4.24. The summed E-state index contributed by atoms with van der Waals surface area (Å²) in [4.78, 5) is 12.5. The Morgan fingerprint density at radius 1 is 0.323 bits per heavy atom. The van der Waals surface area contributed by atoms with Crippen molar-refractivity contribution in [2.75, 3.05) is 6.61 Å². The van der Waals surface area contributed by atoms with Crippen LogP contribution in [-0.4, -0.2) is 46.1 Å². The van der Waals surface area contributed by atoms with E-state index in [4.69, 9.17) is 0 Å². The summed E-state index contributed by atoms with van der Waals surface area (Å²) in [5, 5.41) is 33.9. The summed E-state index contributed by atoms with van der Waals surface area (Å²) in [7, 11) is 0. The first-order valence-corrected chi connectivity index (χ1v) is 30.3. The van der Waals surface area contributed by atoms with E-state index in [-0.39, 0.29) is 12.5 Å². The van der Waals surface area contributed by atoms with E-state index in [1.165, 1.54) is 295 Å². The molecule has 0 fully saturated rings. The minimum absolute atomic E-state index is 0.135. The summed E-state index contributed by atoms with van der Waals surface area (Å²) in [6.07, 6.45) is 68.5. The fourth-order valence-electron chi connectivity index (χ4n) is 10.1. The molecule has 0 radical (unpaired) electrons. The maximum absolute atomic E-state index is 12.5. The molecule has 5 nitrogen and oxygen atoms in total. The lowest BCUT2D eigenvalue weighted by Crippen LogP contribution is -2.50. The number of aliphatic hydroxyl groups is 3. The van der Waals surface area contributed by atoms with Crippen molar-refractivity contribution < 1.29 is 20.1 Å². The number of carbonyl (C=O) groups is 1. The van der Waals surface area contributed by atoms with Gasteiger partial charge in [0.2, 0.25) is 5.91 Å². The second-order valence-electron chi connectivity index (χ2n) is 21.3. The first-order valence-electron chi connectivity index (χ1n) is 30.3. The van der Waals surface area contributed by atoms with E-state index in [1.807, 2.05) is 0 Å². The van der Waals surface area contributed by atoms with Gasteiger partial charge in [-0.25, -0.2) is 0 Å². The molecule has 0 aliphatic heterocycles. The molecule has 4 N–H and O–H groups in total. The molecule has 0 aliphatic carbocycles. The average Bonchev–Trinajstić information content (AvgIpc) is 3.31. The largest absolute Gasteiger partial charge is 0.394 e. The third-order valence-electron chi connectivity index (χ3n) is 14.7. The second-order valence-corrected chi connectivity index (χ2v) is 21.3. The highest BCUT2D eigenvalue weighted by Gasteiger charge is 2.26. The number of hydrogen-bond donors (Lipinski definition) is 4. The van der Waals surface area contributed by atoms with E-state index in [1.54, 1.807) is 0 Å². The summed E-state index contributed by atoms with van der Waals surface area (Å²) < 4.78 is 0. The van der Waals surface area contributed by atoms with E-state index < -0.39 is 18.2 Å². The Hall–Kier alpha value is -0.650. The molecule has 0 aromatic rings. The fraction of sp³-hybridized carbons (Fsp3) is 0.983. The van der Waals surface area contributed by atoms with Crippen molar-refractivity contribution in [2.24, 2.45) is 0 Å². The van der Waals surface area contributed by atoms with Crippen LogP contribution in [0.5, 0.6) is 0 Å². The van der Waals surface area contributed by atoms with Crippen molar-refractivity contribution in [1.82, 2.24) is 5.32 Å². The molecule has 1 amide bonds. The van der Waals surface area contributed by atoms with Gasteiger partial charge in [-0.2, -0.15) is 0 Å². The Labute approximate surface area is 408 Å². The highest BCUT2D eigenvalue weighted by atomic mass is 16.3. The number of rotatable bonds is 57. The molecule has 5 heteroatoms. The van der Waals surface area contributed by atoms with Gasteiger partial charge in [0.25, 0.3) is 0 Å². The van der Waals surface area contributed by atoms with Gasteiger partial charge < -0.3 is 20.6 Å². The maximum atomic E-state index is 12.5. The zero-order valence-corrected chi connectivity index (χ0v) is 44.7. The Kier molecular flexibility index (Phi) is 55.4. The third-order valence-corrected chi connectivity index (χ3v) is 14.7. The van der Waals surface area contributed by atoms with Crippen LogP contribution >= 0.6 is 0 Å². The molecule has 0 spiro atoms. The third kappa shape index (κ3) is 51.0. The van der Waals surface area contributed by atoms with Gasteiger partial charge in [0.15, 0.2) is 0 Å². The topological polar surface area (TPSA) is 89.8 Å². The van der Waals surface area contributed by atoms with Crippen LogP contribution in [0.25, 0.3) is 0 Å². The van der Waals surface area contributed by atoms with Crippen LogP contribution in [0.15, 0.2) is 0 Å². The van der Waals surface area contributed by atoms with Crippen LogP contribution in [0.3, 0.4) is 0 Å². The van der Waals surface area contributed by atoms with E-state index in [0.29, 0.717) is 12.8 Å². The molecule has 0 bridgehead atoms.